The van der Waals surface area contributed by atoms with Crippen LogP contribution in [0.2, 0.25) is 0 Å². The summed E-state index contributed by atoms with van der Waals surface area (Å²) < 4.78 is 25.6. The zero-order valence-corrected chi connectivity index (χ0v) is 17.4. The van der Waals surface area contributed by atoms with Crippen LogP contribution in [-0.2, 0) is 11.3 Å². The minimum absolute atomic E-state index is 0.137. The third-order valence-electron chi connectivity index (χ3n) is 5.30. The summed E-state index contributed by atoms with van der Waals surface area (Å²) in [6, 6.07) is 14.8. The lowest BCUT2D eigenvalue weighted by molar-refractivity contribution is 0.0310. The van der Waals surface area contributed by atoms with Gasteiger partial charge in [-0.2, -0.15) is 0 Å². The van der Waals surface area contributed by atoms with Crippen molar-refractivity contribution in [2.24, 2.45) is 0 Å². The molecule has 1 heterocycles. The molecule has 4 nitrogen and oxygen atoms in total. The smallest absolute Gasteiger partial charge is 0.127 e. The maximum Gasteiger partial charge on any atom is 0.127 e. The van der Waals surface area contributed by atoms with E-state index < -0.39 is 6.10 Å². The van der Waals surface area contributed by atoms with Crippen LogP contribution in [0, 0.1) is 5.82 Å². The molecule has 2 unspecified atom stereocenters. The van der Waals surface area contributed by atoms with Crippen molar-refractivity contribution in [2.45, 2.75) is 51.4 Å². The Labute approximate surface area is 173 Å². The van der Waals surface area contributed by atoms with Gasteiger partial charge >= 0.3 is 0 Å². The highest BCUT2D eigenvalue weighted by Crippen LogP contribution is 2.19. The van der Waals surface area contributed by atoms with Crippen molar-refractivity contribution in [3.05, 3.63) is 65.5 Å². The number of hydrogen-bond donors (Lipinski definition) is 1. The number of rotatable bonds is 10. The number of benzene rings is 2. The zero-order valence-electron chi connectivity index (χ0n) is 17.4. The Hall–Kier alpha value is -1.95. The first-order valence-electron chi connectivity index (χ1n) is 10.5. The Morgan fingerprint density at radius 1 is 1.17 bits per heavy atom. The van der Waals surface area contributed by atoms with Gasteiger partial charge in [0.25, 0.3) is 0 Å². The number of hydrogen-bond acceptors (Lipinski definition) is 4. The molecule has 0 amide bonds. The standard InChI is InChI=1S/C24H32FNO3/c1-18(2)19-9-11-22(12-10-19)29-17-21(27)15-26(16-23-7-5-13-28-23)14-20-6-3-4-8-24(20)25/h3-4,6,8-12,18,21,23,27H,5,7,13-17H2,1-2H3. The summed E-state index contributed by atoms with van der Waals surface area (Å²) in [5, 5.41) is 10.5. The van der Waals surface area contributed by atoms with Crippen molar-refractivity contribution in [2.75, 3.05) is 26.3 Å². The van der Waals surface area contributed by atoms with Crippen LogP contribution in [-0.4, -0.2) is 48.5 Å². The molecule has 0 aromatic heterocycles. The molecular formula is C24H32FNO3. The number of nitrogens with zero attached hydrogens (tertiary/aromatic N) is 1. The summed E-state index contributed by atoms with van der Waals surface area (Å²) in [6.07, 6.45) is 1.52. The third kappa shape index (κ3) is 6.81. The number of ether oxygens (including phenoxy) is 2. The van der Waals surface area contributed by atoms with Crippen molar-refractivity contribution >= 4 is 0 Å². The van der Waals surface area contributed by atoms with Crippen LogP contribution in [0.5, 0.6) is 5.75 Å². The van der Waals surface area contributed by atoms with E-state index in [2.05, 4.69) is 18.7 Å². The molecule has 29 heavy (non-hydrogen) atoms. The van der Waals surface area contributed by atoms with Gasteiger partial charge < -0.3 is 14.6 Å². The molecular weight excluding hydrogens is 369 g/mol. The van der Waals surface area contributed by atoms with Gasteiger partial charge in [-0.1, -0.05) is 44.2 Å². The van der Waals surface area contributed by atoms with Crippen molar-refractivity contribution in [3.63, 3.8) is 0 Å². The van der Waals surface area contributed by atoms with Gasteiger partial charge in [0.15, 0.2) is 0 Å². The van der Waals surface area contributed by atoms with E-state index in [-0.39, 0.29) is 18.5 Å². The Bertz CT molecular complexity index is 744. The molecule has 1 N–H and O–H groups in total. The van der Waals surface area contributed by atoms with E-state index in [1.165, 1.54) is 11.6 Å². The van der Waals surface area contributed by atoms with Gasteiger partial charge in [0.05, 0.1) is 6.10 Å². The molecule has 1 fully saturated rings. The highest BCUT2D eigenvalue weighted by molar-refractivity contribution is 5.28. The zero-order chi connectivity index (χ0) is 20.6. The molecule has 0 bridgehead atoms. The Balaban J connectivity index is 1.56. The van der Waals surface area contributed by atoms with Gasteiger partial charge in [0, 0.05) is 31.8 Å². The molecule has 1 aliphatic heterocycles. The molecule has 0 spiro atoms. The van der Waals surface area contributed by atoms with E-state index in [1.807, 2.05) is 30.3 Å². The topological polar surface area (TPSA) is 41.9 Å². The first-order chi connectivity index (χ1) is 14.0. The van der Waals surface area contributed by atoms with E-state index in [0.717, 1.165) is 25.2 Å². The van der Waals surface area contributed by atoms with Gasteiger partial charge in [-0.05, 0) is 42.5 Å². The first kappa shape index (κ1) is 21.8. The Morgan fingerprint density at radius 2 is 1.93 bits per heavy atom. The second kappa shape index (κ2) is 10.7. The minimum atomic E-state index is -0.673. The number of aliphatic hydroxyl groups excluding tert-OH is 1. The van der Waals surface area contributed by atoms with E-state index in [9.17, 15) is 9.50 Å². The van der Waals surface area contributed by atoms with Crippen LogP contribution in [0.4, 0.5) is 4.39 Å². The lowest BCUT2D eigenvalue weighted by Gasteiger charge is -2.27. The molecule has 1 saturated heterocycles. The van der Waals surface area contributed by atoms with Crippen molar-refractivity contribution in [3.8, 4) is 5.75 Å². The molecule has 0 saturated carbocycles. The van der Waals surface area contributed by atoms with Crippen molar-refractivity contribution in [1.29, 1.82) is 0 Å². The van der Waals surface area contributed by atoms with Gasteiger partial charge in [-0.3, -0.25) is 4.90 Å². The molecule has 158 valence electrons. The van der Waals surface area contributed by atoms with Crippen LogP contribution < -0.4 is 4.74 Å². The van der Waals surface area contributed by atoms with Crippen LogP contribution in [0.3, 0.4) is 0 Å². The second-order valence-electron chi connectivity index (χ2n) is 8.11. The van der Waals surface area contributed by atoms with Crippen LogP contribution in [0.25, 0.3) is 0 Å². The van der Waals surface area contributed by atoms with Gasteiger partial charge in [-0.15, -0.1) is 0 Å². The fraction of sp³-hybridized carbons (Fsp3) is 0.500. The maximum absolute atomic E-state index is 14.1. The SMILES string of the molecule is CC(C)c1ccc(OCC(O)CN(Cc2ccccc2F)CC2CCCO2)cc1. The van der Waals surface area contributed by atoms with Crippen LogP contribution in [0.1, 0.15) is 43.7 Å². The van der Waals surface area contributed by atoms with Gasteiger partial charge in [0.1, 0.15) is 24.3 Å². The first-order valence-corrected chi connectivity index (χ1v) is 10.5. The van der Waals surface area contributed by atoms with Crippen molar-refractivity contribution < 1.29 is 19.0 Å². The average molecular weight is 402 g/mol. The summed E-state index contributed by atoms with van der Waals surface area (Å²) >= 11 is 0. The van der Waals surface area contributed by atoms with Crippen molar-refractivity contribution in [1.82, 2.24) is 4.90 Å². The van der Waals surface area contributed by atoms with Gasteiger partial charge in [-0.25, -0.2) is 4.39 Å². The summed E-state index contributed by atoms with van der Waals surface area (Å²) in [4.78, 5) is 2.06. The lowest BCUT2D eigenvalue weighted by atomic mass is 10.0. The Kier molecular flexibility index (Phi) is 8.04. The lowest BCUT2D eigenvalue weighted by Crippen LogP contribution is -2.39. The van der Waals surface area contributed by atoms with Crippen LogP contribution >= 0.6 is 0 Å². The summed E-state index contributed by atoms with van der Waals surface area (Å²) in [5.41, 5.74) is 1.88. The largest absolute Gasteiger partial charge is 0.491 e. The fourth-order valence-electron chi connectivity index (χ4n) is 3.64. The predicted molar refractivity (Wildman–Crippen MR) is 113 cm³/mol. The third-order valence-corrected chi connectivity index (χ3v) is 5.30. The summed E-state index contributed by atoms with van der Waals surface area (Å²) in [5.74, 6) is 0.994. The predicted octanol–water partition coefficient (Wildman–Crippen LogP) is 4.37. The highest BCUT2D eigenvalue weighted by Gasteiger charge is 2.22. The monoisotopic (exact) mass is 401 g/mol. The van der Waals surface area contributed by atoms with Gasteiger partial charge in [0.2, 0.25) is 0 Å². The van der Waals surface area contributed by atoms with E-state index >= 15 is 0 Å². The molecule has 2 atom stereocenters. The van der Waals surface area contributed by atoms with E-state index in [4.69, 9.17) is 9.47 Å². The average Bonchev–Trinajstić information content (AvgIpc) is 3.21. The fourth-order valence-corrected chi connectivity index (χ4v) is 3.64. The summed E-state index contributed by atoms with van der Waals surface area (Å²) in [7, 11) is 0. The maximum atomic E-state index is 14.1. The molecule has 5 heteroatoms. The van der Waals surface area contributed by atoms with E-state index in [1.54, 1.807) is 12.1 Å². The number of halogens is 1. The normalized spacial score (nSPS) is 17.8. The molecule has 2 aromatic carbocycles. The number of aliphatic hydroxyl groups is 1. The molecule has 1 aliphatic rings. The molecule has 3 rings (SSSR count). The Morgan fingerprint density at radius 3 is 2.59 bits per heavy atom. The van der Waals surface area contributed by atoms with E-state index in [0.29, 0.717) is 31.1 Å². The molecule has 0 radical (unpaired) electrons. The highest BCUT2D eigenvalue weighted by atomic mass is 19.1. The quantitative estimate of drug-likeness (QED) is 0.642. The minimum Gasteiger partial charge on any atom is -0.491 e. The van der Waals surface area contributed by atoms with Crippen LogP contribution in [0.15, 0.2) is 48.5 Å². The second-order valence-corrected chi connectivity index (χ2v) is 8.11. The summed E-state index contributed by atoms with van der Waals surface area (Å²) in [6.45, 7) is 6.78. The molecule has 0 aliphatic carbocycles. The molecule has 2 aromatic rings.